The van der Waals surface area contributed by atoms with Crippen LogP contribution in [0.4, 0.5) is 10.5 Å². The smallest absolute Gasteiger partial charge is 0.332 e. The second-order valence-electron chi connectivity index (χ2n) is 4.03. The molecule has 0 aliphatic carbocycles. The van der Waals surface area contributed by atoms with Gasteiger partial charge in [0.2, 0.25) is 0 Å². The fourth-order valence-electron chi connectivity index (χ4n) is 1.56. The molecule has 104 valence electrons. The number of carboxylic acids is 1. The number of aliphatic hydroxyl groups excluding tert-OH is 1. The average molecular weight is 266 g/mol. The number of aliphatic carboxylic acids is 1. The lowest BCUT2D eigenvalue weighted by atomic mass is 10.1. The van der Waals surface area contributed by atoms with E-state index in [0.717, 1.165) is 17.7 Å². The molecule has 19 heavy (non-hydrogen) atoms. The van der Waals surface area contributed by atoms with Crippen molar-refractivity contribution in [1.82, 2.24) is 5.32 Å². The molecule has 4 N–H and O–H groups in total. The number of carbonyl (C=O) groups excluding carboxylic acids is 1. The largest absolute Gasteiger partial charge is 0.479 e. The molecule has 1 aromatic carbocycles. The lowest BCUT2D eigenvalue weighted by Crippen LogP contribution is -2.33. The molecule has 6 heteroatoms. The number of hydrogen-bond donors (Lipinski definition) is 4. The van der Waals surface area contributed by atoms with E-state index in [0.29, 0.717) is 0 Å². The molecule has 0 radical (unpaired) electrons. The third-order valence-corrected chi connectivity index (χ3v) is 2.63. The summed E-state index contributed by atoms with van der Waals surface area (Å²) in [6.07, 6.45) is -0.685. The van der Waals surface area contributed by atoms with Gasteiger partial charge in [-0.15, -0.1) is 0 Å². The molecule has 0 fully saturated rings. The number of hydrogen-bond acceptors (Lipinski definition) is 3. The summed E-state index contributed by atoms with van der Waals surface area (Å²) in [5.74, 6) is -1.29. The van der Waals surface area contributed by atoms with E-state index >= 15 is 0 Å². The van der Waals surface area contributed by atoms with Gasteiger partial charge in [-0.3, -0.25) is 0 Å². The van der Waals surface area contributed by atoms with Gasteiger partial charge in [0.05, 0.1) is 0 Å². The molecule has 0 spiro atoms. The van der Waals surface area contributed by atoms with Crippen molar-refractivity contribution in [3.63, 3.8) is 0 Å². The number of urea groups is 1. The maximum absolute atomic E-state index is 11.6. The van der Waals surface area contributed by atoms with Gasteiger partial charge in [0.1, 0.15) is 0 Å². The first-order valence-corrected chi connectivity index (χ1v) is 6.08. The highest BCUT2D eigenvalue weighted by molar-refractivity contribution is 5.90. The quantitative estimate of drug-likeness (QED) is 0.622. The normalized spacial score (nSPS) is 11.7. The second kappa shape index (κ2) is 7.38. The monoisotopic (exact) mass is 266 g/mol. The van der Waals surface area contributed by atoms with Crippen LogP contribution in [-0.4, -0.2) is 34.9 Å². The van der Waals surface area contributed by atoms with Crippen LogP contribution in [0.5, 0.6) is 0 Å². The molecule has 1 atom stereocenters. The number of para-hydroxylation sites is 1. The number of carboxylic acid groups (broad SMARTS) is 1. The molecule has 6 nitrogen and oxygen atoms in total. The van der Waals surface area contributed by atoms with Crippen molar-refractivity contribution in [2.24, 2.45) is 0 Å². The molecule has 0 saturated carbocycles. The van der Waals surface area contributed by atoms with Crippen molar-refractivity contribution in [3.8, 4) is 0 Å². The maximum Gasteiger partial charge on any atom is 0.332 e. The van der Waals surface area contributed by atoms with Crippen LogP contribution in [0.2, 0.25) is 0 Å². The van der Waals surface area contributed by atoms with Gasteiger partial charge in [-0.25, -0.2) is 9.59 Å². The summed E-state index contributed by atoms with van der Waals surface area (Å²) < 4.78 is 0. The number of carbonyl (C=O) groups is 2. The summed E-state index contributed by atoms with van der Waals surface area (Å²) in [5, 5.41) is 22.7. The maximum atomic E-state index is 11.6. The summed E-state index contributed by atoms with van der Waals surface area (Å²) in [7, 11) is 0. The van der Waals surface area contributed by atoms with Crippen LogP contribution in [0.15, 0.2) is 24.3 Å². The number of anilines is 1. The van der Waals surface area contributed by atoms with Crippen molar-refractivity contribution in [2.45, 2.75) is 25.9 Å². The van der Waals surface area contributed by atoms with Gasteiger partial charge in [-0.2, -0.15) is 0 Å². The zero-order valence-corrected chi connectivity index (χ0v) is 10.7. The van der Waals surface area contributed by atoms with Crippen LogP contribution in [0.25, 0.3) is 0 Å². The minimum atomic E-state index is -1.46. The van der Waals surface area contributed by atoms with Crippen LogP contribution in [0.3, 0.4) is 0 Å². The number of aryl methyl sites for hydroxylation is 1. The predicted octanol–water partition coefficient (Wildman–Crippen LogP) is 1.21. The Morgan fingerprint density at radius 3 is 2.63 bits per heavy atom. The van der Waals surface area contributed by atoms with Crippen molar-refractivity contribution >= 4 is 17.7 Å². The molecule has 0 aliphatic rings. The zero-order chi connectivity index (χ0) is 14.3. The number of benzene rings is 1. The molecule has 0 heterocycles. The van der Waals surface area contributed by atoms with Gasteiger partial charge in [0, 0.05) is 18.7 Å². The van der Waals surface area contributed by atoms with Gasteiger partial charge < -0.3 is 20.8 Å². The van der Waals surface area contributed by atoms with Crippen molar-refractivity contribution in [1.29, 1.82) is 0 Å². The highest BCUT2D eigenvalue weighted by Gasteiger charge is 2.13. The van der Waals surface area contributed by atoms with E-state index in [9.17, 15) is 9.59 Å². The molecule has 2 amide bonds. The first-order chi connectivity index (χ1) is 9.04. The molecule has 1 rings (SSSR count). The summed E-state index contributed by atoms with van der Waals surface area (Å²) in [6, 6.07) is 7.01. The lowest BCUT2D eigenvalue weighted by molar-refractivity contribution is -0.146. The number of nitrogens with one attached hydrogen (secondary N) is 2. The van der Waals surface area contributed by atoms with Gasteiger partial charge in [0.25, 0.3) is 0 Å². The average Bonchev–Trinajstić information content (AvgIpc) is 2.39. The third-order valence-electron chi connectivity index (χ3n) is 2.63. The zero-order valence-electron chi connectivity index (χ0n) is 10.7. The molecule has 0 bridgehead atoms. The van der Waals surface area contributed by atoms with Crippen molar-refractivity contribution in [3.05, 3.63) is 29.8 Å². The van der Waals surface area contributed by atoms with Crippen LogP contribution < -0.4 is 10.6 Å². The predicted molar refractivity (Wildman–Crippen MR) is 71.1 cm³/mol. The lowest BCUT2D eigenvalue weighted by Gasteiger charge is -2.11. The van der Waals surface area contributed by atoms with E-state index in [2.05, 4.69) is 10.6 Å². The number of aliphatic hydroxyl groups is 1. The minimum Gasteiger partial charge on any atom is -0.479 e. The summed E-state index contributed by atoms with van der Waals surface area (Å²) in [6.45, 7) is 2.08. The van der Waals surface area contributed by atoms with Crippen molar-refractivity contribution in [2.75, 3.05) is 11.9 Å². The minimum absolute atomic E-state index is 0.0296. The fraction of sp³-hybridized carbons (Fsp3) is 0.385. The number of rotatable bonds is 6. The molecule has 0 aromatic heterocycles. The Kier molecular flexibility index (Phi) is 5.81. The van der Waals surface area contributed by atoms with Gasteiger partial charge in [-0.1, -0.05) is 25.1 Å². The van der Waals surface area contributed by atoms with E-state index in [4.69, 9.17) is 10.2 Å². The summed E-state index contributed by atoms with van der Waals surface area (Å²) in [5.41, 5.74) is 1.74. The fourth-order valence-corrected chi connectivity index (χ4v) is 1.56. The highest BCUT2D eigenvalue weighted by Crippen LogP contribution is 2.14. The van der Waals surface area contributed by atoms with E-state index in [1.54, 1.807) is 6.07 Å². The Morgan fingerprint density at radius 2 is 2.00 bits per heavy atom. The van der Waals surface area contributed by atoms with Crippen LogP contribution in [0, 0.1) is 0 Å². The van der Waals surface area contributed by atoms with Gasteiger partial charge in [0.15, 0.2) is 6.10 Å². The molecular weight excluding hydrogens is 248 g/mol. The summed E-state index contributed by atoms with van der Waals surface area (Å²) >= 11 is 0. The van der Waals surface area contributed by atoms with Gasteiger partial charge in [-0.05, 0) is 18.1 Å². The van der Waals surface area contributed by atoms with Crippen LogP contribution in [0.1, 0.15) is 18.9 Å². The molecular formula is C13H18N2O4. The first kappa shape index (κ1) is 15.0. The first-order valence-electron chi connectivity index (χ1n) is 6.08. The Bertz CT molecular complexity index is 448. The molecule has 1 aromatic rings. The Balaban J connectivity index is 2.41. The highest BCUT2D eigenvalue weighted by atomic mass is 16.4. The SMILES string of the molecule is CCc1ccccc1NC(=O)NCC[C@H](O)C(=O)O. The van der Waals surface area contributed by atoms with Crippen LogP contribution >= 0.6 is 0 Å². The van der Waals surface area contributed by atoms with E-state index in [1.807, 2.05) is 25.1 Å². The van der Waals surface area contributed by atoms with E-state index < -0.39 is 18.1 Å². The third kappa shape index (κ3) is 4.97. The van der Waals surface area contributed by atoms with Crippen LogP contribution in [-0.2, 0) is 11.2 Å². The van der Waals surface area contributed by atoms with E-state index in [-0.39, 0.29) is 13.0 Å². The van der Waals surface area contributed by atoms with E-state index in [1.165, 1.54) is 0 Å². The summed E-state index contributed by atoms with van der Waals surface area (Å²) in [4.78, 5) is 22.0. The molecule has 0 aliphatic heterocycles. The standard InChI is InChI=1S/C13H18N2O4/c1-2-9-5-3-4-6-10(9)15-13(19)14-8-7-11(16)12(17)18/h3-6,11,16H,2,7-8H2,1H3,(H,17,18)(H2,14,15,19)/t11-/m0/s1. The second-order valence-corrected chi connectivity index (χ2v) is 4.03. The Hall–Kier alpha value is -2.08. The van der Waals surface area contributed by atoms with Gasteiger partial charge >= 0.3 is 12.0 Å². The topological polar surface area (TPSA) is 98.7 Å². The number of amides is 2. The Labute approximate surface area is 111 Å². The molecule has 0 unspecified atom stereocenters. The Morgan fingerprint density at radius 1 is 1.32 bits per heavy atom. The van der Waals surface area contributed by atoms with Crippen molar-refractivity contribution < 1.29 is 19.8 Å². The molecule has 0 saturated heterocycles.